The topological polar surface area (TPSA) is 65.0 Å². The highest BCUT2D eigenvalue weighted by atomic mass is 127. The van der Waals surface area contributed by atoms with Gasteiger partial charge in [-0.25, -0.2) is 4.98 Å². The van der Waals surface area contributed by atoms with Crippen molar-refractivity contribution in [1.29, 1.82) is 0 Å². The van der Waals surface area contributed by atoms with Gasteiger partial charge in [-0.1, -0.05) is 6.07 Å². The largest absolute Gasteiger partial charge is 0.385 e. The van der Waals surface area contributed by atoms with Gasteiger partial charge in [0.15, 0.2) is 5.96 Å². The Kier molecular flexibility index (Phi) is 13.4. The Labute approximate surface area is 169 Å². The molecule has 7 nitrogen and oxygen atoms in total. The Bertz CT molecular complexity index is 498. The van der Waals surface area contributed by atoms with E-state index in [-0.39, 0.29) is 24.0 Å². The Morgan fingerprint density at radius 1 is 1.20 bits per heavy atom. The van der Waals surface area contributed by atoms with Crippen molar-refractivity contribution >= 4 is 35.8 Å². The van der Waals surface area contributed by atoms with Crippen LogP contribution in [0.4, 0.5) is 5.82 Å². The van der Waals surface area contributed by atoms with E-state index in [2.05, 4.69) is 32.6 Å². The lowest BCUT2D eigenvalue weighted by molar-refractivity contribution is 0.180. The van der Waals surface area contributed by atoms with E-state index in [1.807, 2.05) is 37.2 Å². The first kappa shape index (κ1) is 23.9. The molecule has 2 N–H and O–H groups in total. The fourth-order valence-electron chi connectivity index (χ4n) is 2.17. The number of guanidine groups is 1. The Balaban J connectivity index is 0.00000576. The quantitative estimate of drug-likeness (QED) is 0.236. The first-order valence-corrected chi connectivity index (χ1v) is 8.32. The molecular formula is C17H33IN6O. The van der Waals surface area contributed by atoms with Crippen molar-refractivity contribution in [1.82, 2.24) is 20.5 Å². The molecule has 0 unspecified atom stereocenters. The molecule has 1 heterocycles. The van der Waals surface area contributed by atoms with Gasteiger partial charge in [-0.15, -0.1) is 24.0 Å². The summed E-state index contributed by atoms with van der Waals surface area (Å²) in [5.74, 6) is 1.74. The van der Waals surface area contributed by atoms with Crippen molar-refractivity contribution in [2.24, 2.45) is 4.99 Å². The molecule has 1 aromatic rings. The van der Waals surface area contributed by atoms with Crippen LogP contribution in [0.25, 0.3) is 0 Å². The second kappa shape index (κ2) is 14.1. The molecule has 8 heteroatoms. The van der Waals surface area contributed by atoms with Crippen molar-refractivity contribution in [2.75, 3.05) is 66.4 Å². The molecule has 0 bridgehead atoms. The summed E-state index contributed by atoms with van der Waals surface area (Å²) in [5, 5.41) is 6.62. The lowest BCUT2D eigenvalue weighted by Gasteiger charge is -2.18. The van der Waals surface area contributed by atoms with Gasteiger partial charge in [0.1, 0.15) is 5.82 Å². The van der Waals surface area contributed by atoms with Crippen LogP contribution in [0.5, 0.6) is 0 Å². The molecule has 0 aliphatic heterocycles. The lowest BCUT2D eigenvalue weighted by atomic mass is 10.3. The van der Waals surface area contributed by atoms with Crippen LogP contribution >= 0.6 is 24.0 Å². The summed E-state index contributed by atoms with van der Waals surface area (Å²) in [4.78, 5) is 13.1. The molecule has 0 aliphatic carbocycles. The van der Waals surface area contributed by atoms with Crippen LogP contribution in [-0.2, 0) is 11.3 Å². The first-order valence-electron chi connectivity index (χ1n) is 8.32. The van der Waals surface area contributed by atoms with Gasteiger partial charge in [0, 0.05) is 54.5 Å². The number of anilines is 1. The zero-order valence-corrected chi connectivity index (χ0v) is 18.4. The summed E-state index contributed by atoms with van der Waals surface area (Å²) in [6.07, 6.45) is 1.05. The van der Waals surface area contributed by atoms with Crippen LogP contribution in [-0.4, -0.2) is 77.4 Å². The number of pyridine rings is 1. The molecule has 0 spiro atoms. The molecule has 1 rings (SSSR count). The zero-order chi connectivity index (χ0) is 17.8. The Morgan fingerprint density at radius 2 is 1.96 bits per heavy atom. The normalized spacial score (nSPS) is 11.2. The standard InChI is InChI=1S/C17H32N6O.HI/c1-18-17(19-10-12-23(4)11-7-13-24-5)20-14-15-8-6-9-16(21-15)22(2)3;/h6,8-9H,7,10-14H2,1-5H3,(H2,18,19,20);1H. The molecule has 0 aromatic carbocycles. The minimum Gasteiger partial charge on any atom is -0.385 e. The Hall–Kier alpha value is -1.13. The molecule has 25 heavy (non-hydrogen) atoms. The number of ether oxygens (including phenoxy) is 1. The van der Waals surface area contributed by atoms with Gasteiger partial charge in [0.2, 0.25) is 0 Å². The number of nitrogens with zero attached hydrogens (tertiary/aromatic N) is 4. The SMILES string of the molecule is CN=C(NCCN(C)CCCOC)NCc1cccc(N(C)C)n1.I. The van der Waals surface area contributed by atoms with E-state index in [4.69, 9.17) is 4.74 Å². The van der Waals surface area contributed by atoms with E-state index < -0.39 is 0 Å². The third-order valence-corrected chi connectivity index (χ3v) is 3.59. The van der Waals surface area contributed by atoms with Gasteiger partial charge >= 0.3 is 0 Å². The molecule has 0 saturated carbocycles. The predicted octanol–water partition coefficient (Wildman–Crippen LogP) is 1.40. The van der Waals surface area contributed by atoms with Gasteiger partial charge in [-0.2, -0.15) is 0 Å². The van der Waals surface area contributed by atoms with Crippen molar-refractivity contribution in [3.8, 4) is 0 Å². The van der Waals surface area contributed by atoms with Gasteiger partial charge in [-0.3, -0.25) is 4.99 Å². The second-order valence-electron chi connectivity index (χ2n) is 5.88. The predicted molar refractivity (Wildman–Crippen MR) is 116 cm³/mol. The van der Waals surface area contributed by atoms with Crippen molar-refractivity contribution < 1.29 is 4.74 Å². The van der Waals surface area contributed by atoms with Gasteiger partial charge in [-0.05, 0) is 25.6 Å². The fraction of sp³-hybridized carbons (Fsp3) is 0.647. The van der Waals surface area contributed by atoms with Crippen LogP contribution in [0.3, 0.4) is 0 Å². The summed E-state index contributed by atoms with van der Waals surface area (Å²) in [7, 11) is 9.61. The average molecular weight is 464 g/mol. The molecule has 144 valence electrons. The number of nitrogens with one attached hydrogen (secondary N) is 2. The number of rotatable bonds is 10. The molecule has 0 fully saturated rings. The Morgan fingerprint density at radius 3 is 2.60 bits per heavy atom. The number of hydrogen-bond donors (Lipinski definition) is 2. The van der Waals surface area contributed by atoms with E-state index in [9.17, 15) is 0 Å². The van der Waals surface area contributed by atoms with Crippen LogP contribution in [0.1, 0.15) is 12.1 Å². The maximum Gasteiger partial charge on any atom is 0.191 e. The average Bonchev–Trinajstić information content (AvgIpc) is 2.58. The number of hydrogen-bond acceptors (Lipinski definition) is 5. The zero-order valence-electron chi connectivity index (χ0n) is 16.1. The van der Waals surface area contributed by atoms with E-state index >= 15 is 0 Å². The highest BCUT2D eigenvalue weighted by Gasteiger charge is 2.03. The number of likely N-dealkylation sites (N-methyl/N-ethyl adjacent to an activating group) is 1. The van der Waals surface area contributed by atoms with Gasteiger partial charge < -0.3 is 25.2 Å². The fourth-order valence-corrected chi connectivity index (χ4v) is 2.17. The molecule has 1 aromatic heterocycles. The maximum atomic E-state index is 5.07. The third kappa shape index (κ3) is 10.5. The highest BCUT2D eigenvalue weighted by Crippen LogP contribution is 2.07. The molecule has 0 atom stereocenters. The van der Waals surface area contributed by atoms with Crippen LogP contribution in [0.2, 0.25) is 0 Å². The summed E-state index contributed by atoms with van der Waals surface area (Å²) in [6.45, 7) is 4.28. The number of aliphatic imine (C=N–C) groups is 1. The summed E-state index contributed by atoms with van der Waals surface area (Å²) in [6, 6.07) is 6.03. The number of methoxy groups -OCH3 is 1. The van der Waals surface area contributed by atoms with E-state index in [1.54, 1.807) is 14.2 Å². The number of aromatic nitrogens is 1. The molecule has 0 radical (unpaired) electrons. The van der Waals surface area contributed by atoms with Crippen molar-refractivity contribution in [2.45, 2.75) is 13.0 Å². The van der Waals surface area contributed by atoms with Crippen LogP contribution < -0.4 is 15.5 Å². The summed E-state index contributed by atoms with van der Waals surface area (Å²) in [5.41, 5.74) is 0.987. The minimum absolute atomic E-state index is 0. The van der Waals surface area contributed by atoms with Gasteiger partial charge in [0.05, 0.1) is 12.2 Å². The minimum atomic E-state index is 0. The third-order valence-electron chi connectivity index (χ3n) is 3.59. The highest BCUT2D eigenvalue weighted by molar-refractivity contribution is 14.0. The van der Waals surface area contributed by atoms with E-state index in [0.717, 1.165) is 50.1 Å². The van der Waals surface area contributed by atoms with Gasteiger partial charge in [0.25, 0.3) is 0 Å². The molecule has 0 aliphatic rings. The van der Waals surface area contributed by atoms with Crippen molar-refractivity contribution in [3.05, 3.63) is 23.9 Å². The molecule has 0 saturated heterocycles. The summed E-state index contributed by atoms with van der Waals surface area (Å²) < 4.78 is 5.07. The monoisotopic (exact) mass is 464 g/mol. The van der Waals surface area contributed by atoms with Crippen molar-refractivity contribution in [3.63, 3.8) is 0 Å². The summed E-state index contributed by atoms with van der Waals surface area (Å²) >= 11 is 0. The van der Waals surface area contributed by atoms with Crippen LogP contribution in [0.15, 0.2) is 23.2 Å². The first-order chi connectivity index (χ1) is 11.6. The molecule has 0 amide bonds. The smallest absolute Gasteiger partial charge is 0.191 e. The van der Waals surface area contributed by atoms with E-state index in [1.165, 1.54) is 0 Å². The van der Waals surface area contributed by atoms with E-state index in [0.29, 0.717) is 6.54 Å². The number of halogens is 1. The lowest BCUT2D eigenvalue weighted by Crippen LogP contribution is -2.40. The second-order valence-corrected chi connectivity index (χ2v) is 5.88. The molecular weight excluding hydrogens is 431 g/mol. The van der Waals surface area contributed by atoms with Crippen LogP contribution in [0, 0.1) is 0 Å². The maximum absolute atomic E-state index is 5.07.